The fourth-order valence-electron chi connectivity index (χ4n) is 4.18. The molecule has 18 heteroatoms. The van der Waals surface area contributed by atoms with Gasteiger partial charge in [-0.1, -0.05) is 5.16 Å². The molecule has 1 unspecified atom stereocenters. The first-order valence-corrected chi connectivity index (χ1v) is 13.7. The van der Waals surface area contributed by atoms with E-state index in [1.807, 2.05) is 0 Å². The highest BCUT2D eigenvalue weighted by Crippen LogP contribution is 2.46. The Hall–Kier alpha value is -4.09. The highest BCUT2D eigenvalue weighted by molar-refractivity contribution is 7.96. The van der Waals surface area contributed by atoms with Gasteiger partial charge in [0.25, 0.3) is 6.43 Å². The predicted octanol–water partition coefficient (Wildman–Crippen LogP) is 5.14. The van der Waals surface area contributed by atoms with E-state index in [2.05, 4.69) is 29.2 Å². The van der Waals surface area contributed by atoms with E-state index in [0.29, 0.717) is 0 Å². The lowest BCUT2D eigenvalue weighted by atomic mass is 9.89. The Bertz CT molecular complexity index is 1650. The van der Waals surface area contributed by atoms with Crippen LogP contribution in [-0.4, -0.2) is 74.6 Å². The summed E-state index contributed by atoms with van der Waals surface area (Å²) in [5, 5.41) is 3.81. The Balaban J connectivity index is 1.79. The van der Waals surface area contributed by atoms with Crippen molar-refractivity contribution in [2.45, 2.75) is 42.2 Å². The van der Waals surface area contributed by atoms with Gasteiger partial charge in [0.2, 0.25) is 11.3 Å². The number of ether oxygens (including phenoxy) is 2. The van der Waals surface area contributed by atoms with Gasteiger partial charge in [0.1, 0.15) is 23.9 Å². The Morgan fingerprint density at radius 3 is 2.47 bits per heavy atom. The molecule has 4 rings (SSSR count). The topological polar surface area (TPSA) is 129 Å². The highest BCUT2D eigenvalue weighted by atomic mass is 32.2. The summed E-state index contributed by atoms with van der Waals surface area (Å²) in [4.78, 5) is 23.7. The van der Waals surface area contributed by atoms with Gasteiger partial charge < -0.3 is 14.0 Å². The molecule has 3 heterocycles. The Morgan fingerprint density at radius 2 is 1.88 bits per heavy atom. The van der Waals surface area contributed by atoms with Crippen molar-refractivity contribution in [3.8, 4) is 28.6 Å². The number of aromatic nitrogens is 3. The monoisotopic (exact) mass is 637 g/mol. The average molecular weight is 638 g/mol. The van der Waals surface area contributed by atoms with Gasteiger partial charge in [-0.05, 0) is 32.0 Å². The lowest BCUT2D eigenvalue weighted by molar-refractivity contribution is -0.203. The molecule has 43 heavy (non-hydrogen) atoms. The average Bonchev–Trinajstić information content (AvgIpc) is 3.45. The molecule has 2 aromatic heterocycles. The smallest absolute Gasteiger partial charge is 0.470 e. The zero-order valence-electron chi connectivity index (χ0n) is 22.4. The number of rotatable bonds is 8. The summed E-state index contributed by atoms with van der Waals surface area (Å²) in [6.07, 6.45) is -5.09. The van der Waals surface area contributed by atoms with E-state index in [1.165, 1.54) is 26.0 Å². The van der Waals surface area contributed by atoms with Crippen molar-refractivity contribution in [1.29, 1.82) is 0 Å². The molecule has 0 N–H and O–H groups in total. The van der Waals surface area contributed by atoms with E-state index < -0.39 is 68.7 Å². The molecule has 0 saturated carbocycles. The number of alkyl halides is 6. The van der Waals surface area contributed by atoms with Crippen LogP contribution in [-0.2, 0) is 24.8 Å². The molecule has 10 nitrogen and oxygen atoms in total. The molecule has 1 aromatic carbocycles. The normalized spacial score (nSPS) is 23.3. The number of hydrogen-bond donors (Lipinski definition) is 0. The van der Waals surface area contributed by atoms with E-state index >= 15 is 4.39 Å². The summed E-state index contributed by atoms with van der Waals surface area (Å²) < 4.78 is 125. The largest absolute Gasteiger partial charge is 0.490 e. The molecule has 232 valence electrons. The van der Waals surface area contributed by atoms with Crippen LogP contribution in [0.4, 0.5) is 30.7 Å². The fraction of sp³-hybridized carbons (Fsp3) is 0.400. The molecule has 0 bridgehead atoms. The minimum Gasteiger partial charge on any atom is -0.470 e. The molecule has 0 fully saturated rings. The van der Waals surface area contributed by atoms with E-state index in [4.69, 9.17) is 9.26 Å². The summed E-state index contributed by atoms with van der Waals surface area (Å²) >= 11 is 0. The van der Waals surface area contributed by atoms with Gasteiger partial charge in [-0.25, -0.2) is 40.9 Å². The zero-order chi connectivity index (χ0) is 31.8. The van der Waals surface area contributed by atoms with Gasteiger partial charge in [0.15, 0.2) is 17.9 Å². The molecule has 1 aliphatic heterocycles. The van der Waals surface area contributed by atoms with E-state index in [0.717, 1.165) is 37.8 Å². The third-order valence-electron chi connectivity index (χ3n) is 6.44. The Morgan fingerprint density at radius 1 is 1.16 bits per heavy atom. The zero-order valence-corrected chi connectivity index (χ0v) is 23.3. The van der Waals surface area contributed by atoms with E-state index in [1.54, 1.807) is 0 Å². The number of hydrogen-bond acceptors (Lipinski definition) is 10. The maximum atomic E-state index is 15.4. The standard InChI is InChI=1S/C25H22F7N5O5S/c1-23(2)12-36-24(11-26,22(43(23,39)33-3)41-21(38)25(30,31)32)14-6-13(4-5-15(14)27)18-7-16(37-42-18)17-8-35-20(9-34-17)40-10-19(28)29/h4-9,12,19,22H,10-11H2,1-3H3/t22?,24-,43+/m1/s1. The summed E-state index contributed by atoms with van der Waals surface area (Å²) in [7, 11) is -3.10. The van der Waals surface area contributed by atoms with Crippen LogP contribution in [0.1, 0.15) is 19.4 Å². The second-order valence-corrected chi connectivity index (χ2v) is 12.6. The van der Waals surface area contributed by atoms with E-state index in [9.17, 15) is 35.3 Å². The Labute approximate surface area is 239 Å². The third-order valence-corrected chi connectivity index (χ3v) is 9.66. The number of benzene rings is 1. The predicted molar refractivity (Wildman–Crippen MR) is 137 cm³/mol. The van der Waals surface area contributed by atoms with Crippen molar-refractivity contribution in [3.05, 3.63) is 48.0 Å². The molecule has 0 radical (unpaired) electrons. The van der Waals surface area contributed by atoms with E-state index in [-0.39, 0.29) is 28.6 Å². The second kappa shape index (κ2) is 11.5. The highest BCUT2D eigenvalue weighted by Gasteiger charge is 2.59. The lowest BCUT2D eigenvalue weighted by Crippen LogP contribution is -2.58. The quantitative estimate of drug-likeness (QED) is 0.245. The van der Waals surface area contributed by atoms with Gasteiger partial charge in [-0.3, -0.25) is 4.99 Å². The van der Waals surface area contributed by atoms with Crippen LogP contribution in [0.3, 0.4) is 0 Å². The number of esters is 1. The van der Waals surface area contributed by atoms with Crippen LogP contribution < -0.4 is 4.74 Å². The van der Waals surface area contributed by atoms with Gasteiger partial charge in [0, 0.05) is 30.5 Å². The number of carbonyl (C=O) groups is 1. The van der Waals surface area contributed by atoms with Crippen LogP contribution in [0.2, 0.25) is 0 Å². The molecule has 3 aromatic rings. The van der Waals surface area contributed by atoms with Crippen LogP contribution >= 0.6 is 0 Å². The summed E-state index contributed by atoms with van der Waals surface area (Å²) in [6.45, 7) is -0.0643. The molecule has 0 spiro atoms. The summed E-state index contributed by atoms with van der Waals surface area (Å²) in [5.41, 5.74) is -5.72. The van der Waals surface area contributed by atoms with Crippen molar-refractivity contribution in [1.82, 2.24) is 15.1 Å². The van der Waals surface area contributed by atoms with Crippen LogP contribution in [0.25, 0.3) is 22.7 Å². The third kappa shape index (κ3) is 5.92. The Kier molecular flexibility index (Phi) is 8.54. The van der Waals surface area contributed by atoms with Crippen molar-refractivity contribution in [3.63, 3.8) is 0 Å². The maximum absolute atomic E-state index is 15.4. The minimum absolute atomic E-state index is 0.0219. The number of nitrogens with zero attached hydrogens (tertiary/aromatic N) is 5. The van der Waals surface area contributed by atoms with Crippen molar-refractivity contribution in [2.24, 2.45) is 9.36 Å². The van der Waals surface area contributed by atoms with Gasteiger partial charge >= 0.3 is 12.1 Å². The summed E-state index contributed by atoms with van der Waals surface area (Å²) in [5.74, 6) is -4.20. The number of aliphatic imine (C=N–C) groups is 1. The van der Waals surface area contributed by atoms with Crippen molar-refractivity contribution < 1.29 is 53.7 Å². The van der Waals surface area contributed by atoms with Crippen molar-refractivity contribution in [2.75, 3.05) is 20.3 Å². The molecular formula is C25H22F7N5O5S. The number of halogens is 7. The van der Waals surface area contributed by atoms with Gasteiger partial charge in [0.05, 0.1) is 26.9 Å². The second-order valence-electron chi connectivity index (χ2n) is 9.62. The van der Waals surface area contributed by atoms with Crippen LogP contribution in [0, 0.1) is 5.82 Å². The maximum Gasteiger partial charge on any atom is 0.490 e. The molecule has 0 amide bonds. The lowest BCUT2D eigenvalue weighted by Gasteiger charge is -2.44. The molecule has 1 aliphatic rings. The number of carbonyl (C=O) groups excluding carboxylic acids is 1. The fourth-order valence-corrected chi connectivity index (χ4v) is 6.60. The minimum atomic E-state index is -5.56. The molecule has 0 saturated heterocycles. The first kappa shape index (κ1) is 31.8. The molecule has 3 atom stereocenters. The first-order valence-electron chi connectivity index (χ1n) is 12.1. The van der Waals surface area contributed by atoms with Crippen molar-refractivity contribution >= 4 is 21.9 Å². The molecular weight excluding hydrogens is 615 g/mol. The van der Waals surface area contributed by atoms with Gasteiger partial charge in [-0.15, -0.1) is 0 Å². The summed E-state index contributed by atoms with van der Waals surface area (Å²) in [6, 6.07) is 4.30. The van der Waals surface area contributed by atoms with Crippen LogP contribution in [0.15, 0.2) is 50.5 Å². The molecule has 0 aliphatic carbocycles. The first-order chi connectivity index (χ1) is 20.1. The van der Waals surface area contributed by atoms with Crippen LogP contribution in [0.5, 0.6) is 5.88 Å². The van der Waals surface area contributed by atoms with Gasteiger partial charge in [-0.2, -0.15) is 13.2 Å². The SMILES string of the molecule is CN=[S@]1(=O)C(OC(=O)C(F)(F)F)[C@@](CF)(c2cc(-c3cc(-c4cnc(OCC(F)F)cn4)no3)ccc2F)N=CC1(C)C.